The van der Waals surface area contributed by atoms with Gasteiger partial charge in [-0.3, -0.25) is 4.79 Å². The summed E-state index contributed by atoms with van der Waals surface area (Å²) in [5.74, 6) is -0.662. The van der Waals surface area contributed by atoms with Gasteiger partial charge in [0.1, 0.15) is 16.2 Å². The summed E-state index contributed by atoms with van der Waals surface area (Å²) in [7, 11) is 0. The lowest BCUT2D eigenvalue weighted by Gasteiger charge is -2.37. The quantitative estimate of drug-likeness (QED) is 0.338. The van der Waals surface area contributed by atoms with E-state index in [1.54, 1.807) is 48.7 Å². The van der Waals surface area contributed by atoms with Gasteiger partial charge in [0.05, 0.1) is 10.7 Å². The van der Waals surface area contributed by atoms with Crippen LogP contribution in [0.3, 0.4) is 0 Å². The first-order chi connectivity index (χ1) is 15.7. The Kier molecular flexibility index (Phi) is 4.71. The van der Waals surface area contributed by atoms with Crippen molar-refractivity contribution < 1.29 is 19.4 Å². The number of nitrogen functional groups attached to an aromatic ring is 1. The number of aromatic nitrogens is 1. The lowest BCUT2D eigenvalue weighted by molar-refractivity contribution is -0.124. The Morgan fingerprint density at radius 1 is 1.18 bits per heavy atom. The van der Waals surface area contributed by atoms with Crippen LogP contribution in [0.25, 0.3) is 10.1 Å². The van der Waals surface area contributed by atoms with Crippen molar-refractivity contribution >= 4 is 38.9 Å². The molecule has 0 saturated carbocycles. The number of Topliss-reactive ketones (excluding diaryl/α,β-unsaturated/α-hetero) is 1. The molecule has 0 fully saturated rings. The van der Waals surface area contributed by atoms with E-state index in [1.807, 2.05) is 13.0 Å². The van der Waals surface area contributed by atoms with Gasteiger partial charge in [-0.2, -0.15) is 0 Å². The largest absolute Gasteiger partial charge is 0.477 e. The topological polar surface area (TPSA) is 155 Å². The second kappa shape index (κ2) is 7.38. The van der Waals surface area contributed by atoms with Gasteiger partial charge in [-0.25, -0.2) is 9.78 Å². The third-order valence-corrected chi connectivity index (χ3v) is 7.23. The molecule has 8 nitrogen and oxygen atoms in total. The number of thiophene rings is 1. The molecular weight excluding hydrogens is 440 g/mol. The second-order valence-electron chi connectivity index (χ2n) is 7.95. The number of nitrogens with two attached hydrogens (primary N) is 3. The van der Waals surface area contributed by atoms with Gasteiger partial charge in [0.25, 0.3) is 0 Å². The molecule has 0 spiro atoms. The summed E-state index contributed by atoms with van der Waals surface area (Å²) in [6.07, 6.45) is 1.63. The first-order valence-corrected chi connectivity index (χ1v) is 10.9. The molecule has 9 heteroatoms. The maximum atomic E-state index is 13.6. The summed E-state index contributed by atoms with van der Waals surface area (Å²) in [5.41, 5.74) is 20.2. The molecule has 5 rings (SSSR count). The summed E-state index contributed by atoms with van der Waals surface area (Å²) in [6.45, 7) is 1.83. The lowest BCUT2D eigenvalue weighted by Crippen LogP contribution is -2.52. The molecule has 1 aliphatic carbocycles. The first kappa shape index (κ1) is 21.1. The summed E-state index contributed by atoms with van der Waals surface area (Å²) >= 11 is 1.01. The zero-order valence-corrected chi connectivity index (χ0v) is 18.3. The van der Waals surface area contributed by atoms with Crippen LogP contribution in [-0.4, -0.2) is 21.8 Å². The van der Waals surface area contributed by atoms with Crippen LogP contribution in [0.2, 0.25) is 0 Å². The fourth-order valence-electron chi connectivity index (χ4n) is 4.49. The van der Waals surface area contributed by atoms with Crippen molar-refractivity contribution in [2.24, 2.45) is 11.5 Å². The number of ketones is 1. The maximum Gasteiger partial charge on any atom is 0.346 e. The van der Waals surface area contributed by atoms with Crippen LogP contribution >= 0.6 is 11.3 Å². The molecule has 0 aliphatic heterocycles. The second-order valence-corrected chi connectivity index (χ2v) is 8.97. The molecule has 4 aromatic rings. The van der Waals surface area contributed by atoms with Gasteiger partial charge >= 0.3 is 5.97 Å². The third-order valence-electron chi connectivity index (χ3n) is 5.99. The molecule has 0 amide bonds. The predicted octanol–water partition coefficient (Wildman–Crippen LogP) is 3.46. The maximum absolute atomic E-state index is 13.6. The molecule has 2 heterocycles. The molecule has 2 aromatic heterocycles. The highest BCUT2D eigenvalue weighted by Crippen LogP contribution is 2.50. The highest BCUT2D eigenvalue weighted by atomic mass is 32.1. The number of carboxylic acids is 1. The molecular formula is C24H20N4O4S. The zero-order valence-electron chi connectivity index (χ0n) is 17.5. The molecule has 7 N–H and O–H groups in total. The van der Waals surface area contributed by atoms with Crippen molar-refractivity contribution in [1.29, 1.82) is 0 Å². The van der Waals surface area contributed by atoms with Crippen molar-refractivity contribution in [3.05, 3.63) is 81.9 Å². The molecule has 0 radical (unpaired) electrons. The third kappa shape index (κ3) is 3.01. The first-order valence-electron chi connectivity index (χ1n) is 10.1. The Labute approximate surface area is 192 Å². The van der Waals surface area contributed by atoms with E-state index in [1.165, 1.54) is 0 Å². The van der Waals surface area contributed by atoms with Crippen molar-refractivity contribution in [3.8, 4) is 11.6 Å². The number of rotatable bonds is 4. The molecule has 2 unspecified atom stereocenters. The lowest BCUT2D eigenvalue weighted by atomic mass is 9.69. The highest BCUT2D eigenvalue weighted by molar-refractivity contribution is 7.21. The minimum Gasteiger partial charge on any atom is -0.477 e. The smallest absolute Gasteiger partial charge is 0.346 e. The number of pyridine rings is 1. The average molecular weight is 461 g/mol. The highest BCUT2D eigenvalue weighted by Gasteiger charge is 2.49. The van der Waals surface area contributed by atoms with Gasteiger partial charge in [-0.1, -0.05) is 18.2 Å². The summed E-state index contributed by atoms with van der Waals surface area (Å²) in [5, 5.41) is 10.2. The molecule has 0 saturated heterocycles. The number of hydrogen-bond acceptors (Lipinski definition) is 8. The Bertz CT molecular complexity index is 1450. The van der Waals surface area contributed by atoms with Gasteiger partial charge in [0, 0.05) is 28.9 Å². The molecule has 1 aliphatic rings. The molecule has 33 heavy (non-hydrogen) atoms. The molecule has 2 atom stereocenters. The summed E-state index contributed by atoms with van der Waals surface area (Å²) < 4.78 is 6.36. The number of hydrogen-bond donors (Lipinski definition) is 4. The van der Waals surface area contributed by atoms with Crippen LogP contribution in [0.5, 0.6) is 11.6 Å². The van der Waals surface area contributed by atoms with E-state index in [4.69, 9.17) is 21.9 Å². The number of aryl methyl sites for hydroxylation is 1. The standard InChI is InChI=1S/C24H20N4O4S/c1-11-10-12(32-16-4-2-3-9-28-16)5-6-13(11)24(27)14-7-8-15(25)20-17(14)18(19(26)22(24)29)21(33-20)23(30)31/h2-10,19H,25-27H2,1H3,(H,30,31). The van der Waals surface area contributed by atoms with Crippen LogP contribution in [-0.2, 0) is 10.3 Å². The Morgan fingerprint density at radius 3 is 2.61 bits per heavy atom. The number of benzene rings is 2. The molecule has 0 bridgehead atoms. The van der Waals surface area contributed by atoms with Crippen molar-refractivity contribution in [2.45, 2.75) is 18.5 Å². The average Bonchev–Trinajstić information content (AvgIpc) is 3.20. The van der Waals surface area contributed by atoms with E-state index in [9.17, 15) is 14.7 Å². The van der Waals surface area contributed by atoms with E-state index >= 15 is 0 Å². The van der Waals surface area contributed by atoms with Gasteiger partial charge in [0.15, 0.2) is 5.78 Å². The Hall–Kier alpha value is -3.79. The summed E-state index contributed by atoms with van der Waals surface area (Å²) in [4.78, 5) is 29.7. The van der Waals surface area contributed by atoms with Crippen LogP contribution in [0.1, 0.15) is 38.0 Å². The van der Waals surface area contributed by atoms with E-state index in [-0.39, 0.29) is 10.4 Å². The van der Waals surface area contributed by atoms with Gasteiger partial charge in [-0.05, 0) is 47.9 Å². The number of anilines is 1. The fourth-order valence-corrected chi connectivity index (χ4v) is 5.63. The van der Waals surface area contributed by atoms with Crippen molar-refractivity contribution in [1.82, 2.24) is 4.98 Å². The van der Waals surface area contributed by atoms with E-state index in [0.717, 1.165) is 11.3 Å². The SMILES string of the molecule is Cc1cc(Oc2ccccn2)ccc1C1(N)C(=O)C(N)c2c(C(=O)O)sc3c(N)ccc1c23. The van der Waals surface area contributed by atoms with Gasteiger partial charge in [-0.15, -0.1) is 11.3 Å². The Balaban J connectivity index is 1.70. The van der Waals surface area contributed by atoms with Crippen LogP contribution in [0, 0.1) is 6.92 Å². The minimum atomic E-state index is -1.58. The van der Waals surface area contributed by atoms with E-state index in [2.05, 4.69) is 4.98 Å². The zero-order chi connectivity index (χ0) is 23.5. The molecule has 2 aromatic carbocycles. The monoisotopic (exact) mass is 460 g/mol. The van der Waals surface area contributed by atoms with Crippen molar-refractivity contribution in [2.75, 3.05) is 5.73 Å². The number of carboxylic acid groups (broad SMARTS) is 1. The normalized spacial score (nSPS) is 19.6. The van der Waals surface area contributed by atoms with E-state index in [0.29, 0.717) is 44.1 Å². The molecule has 166 valence electrons. The van der Waals surface area contributed by atoms with Gasteiger partial charge < -0.3 is 27.0 Å². The van der Waals surface area contributed by atoms with Gasteiger partial charge in [0.2, 0.25) is 5.88 Å². The Morgan fingerprint density at radius 2 is 1.94 bits per heavy atom. The fraction of sp³-hybridized carbons (Fsp3) is 0.125. The van der Waals surface area contributed by atoms with Crippen molar-refractivity contribution in [3.63, 3.8) is 0 Å². The van der Waals surface area contributed by atoms with Crippen LogP contribution in [0.15, 0.2) is 54.7 Å². The number of aromatic carboxylic acids is 1. The number of nitrogens with zero attached hydrogens (tertiary/aromatic N) is 1. The van der Waals surface area contributed by atoms with Crippen LogP contribution < -0.4 is 21.9 Å². The predicted molar refractivity (Wildman–Crippen MR) is 126 cm³/mol. The number of ether oxygens (including phenoxy) is 1. The number of carbonyl (C=O) groups is 2. The minimum absolute atomic E-state index is 0.00267. The summed E-state index contributed by atoms with van der Waals surface area (Å²) in [6, 6.07) is 12.7. The van der Waals surface area contributed by atoms with E-state index < -0.39 is 23.3 Å². The number of carbonyl (C=O) groups excluding carboxylic acids is 1. The van der Waals surface area contributed by atoms with Crippen LogP contribution in [0.4, 0.5) is 5.69 Å².